The first kappa shape index (κ1) is 15.1. The highest BCUT2D eigenvalue weighted by Crippen LogP contribution is 2.30. The molecule has 1 amide bonds. The van der Waals surface area contributed by atoms with Gasteiger partial charge in [0, 0.05) is 42.0 Å². The summed E-state index contributed by atoms with van der Waals surface area (Å²) >= 11 is 1.61. The average Bonchev–Trinajstić information content (AvgIpc) is 3.29. The van der Waals surface area contributed by atoms with Gasteiger partial charge in [-0.3, -0.25) is 14.5 Å². The van der Waals surface area contributed by atoms with Gasteiger partial charge in [-0.15, -0.1) is 11.3 Å². The van der Waals surface area contributed by atoms with E-state index in [0.29, 0.717) is 5.82 Å². The van der Waals surface area contributed by atoms with E-state index in [2.05, 4.69) is 15.4 Å². The predicted molar refractivity (Wildman–Crippen MR) is 94.5 cm³/mol. The number of hydrogen-bond acceptors (Lipinski definition) is 4. The lowest BCUT2D eigenvalue weighted by Crippen LogP contribution is -2.11. The molecular weight excluding hydrogens is 320 g/mol. The summed E-state index contributed by atoms with van der Waals surface area (Å²) in [5.74, 6) is 0.527. The number of amides is 1. The molecule has 6 heteroatoms. The number of pyridine rings is 1. The van der Waals surface area contributed by atoms with Gasteiger partial charge >= 0.3 is 0 Å². The molecule has 4 rings (SSSR count). The van der Waals surface area contributed by atoms with Crippen LogP contribution in [0.2, 0.25) is 0 Å². The molecular formula is C18H18N4OS. The van der Waals surface area contributed by atoms with Gasteiger partial charge in [-0.05, 0) is 43.0 Å². The molecule has 1 aliphatic carbocycles. The van der Waals surface area contributed by atoms with Gasteiger partial charge in [0.15, 0.2) is 5.82 Å². The van der Waals surface area contributed by atoms with E-state index in [9.17, 15) is 4.79 Å². The summed E-state index contributed by atoms with van der Waals surface area (Å²) < 4.78 is 1.83. The van der Waals surface area contributed by atoms with Crippen molar-refractivity contribution in [2.45, 2.75) is 32.2 Å². The molecule has 0 aliphatic heterocycles. The number of fused-ring (bicyclic) bond motifs is 1. The zero-order valence-corrected chi connectivity index (χ0v) is 14.1. The van der Waals surface area contributed by atoms with Gasteiger partial charge in [0.05, 0.1) is 4.88 Å². The fourth-order valence-electron chi connectivity index (χ4n) is 2.95. The van der Waals surface area contributed by atoms with E-state index in [1.807, 2.05) is 41.2 Å². The highest BCUT2D eigenvalue weighted by atomic mass is 32.1. The first-order chi connectivity index (χ1) is 11.8. The van der Waals surface area contributed by atoms with Gasteiger partial charge < -0.3 is 5.32 Å². The maximum atomic E-state index is 12.3. The quantitative estimate of drug-likeness (QED) is 0.776. The normalized spacial score (nSPS) is 13.0. The molecule has 0 radical (unpaired) electrons. The maximum absolute atomic E-state index is 12.3. The number of carbonyl (C=O) groups excluding carboxylic acids is 1. The molecule has 0 saturated carbocycles. The van der Waals surface area contributed by atoms with Gasteiger partial charge in [0.25, 0.3) is 5.91 Å². The zero-order valence-electron chi connectivity index (χ0n) is 13.2. The monoisotopic (exact) mass is 338 g/mol. The molecule has 0 unspecified atom stereocenters. The molecule has 0 spiro atoms. The molecule has 1 N–H and O–H groups in total. The van der Waals surface area contributed by atoms with Crippen molar-refractivity contribution in [2.75, 3.05) is 5.32 Å². The Morgan fingerprint density at radius 2 is 2.25 bits per heavy atom. The summed E-state index contributed by atoms with van der Waals surface area (Å²) in [4.78, 5) is 18.8. The third-order valence-corrected chi connectivity index (χ3v) is 5.41. The van der Waals surface area contributed by atoms with Crippen LogP contribution in [0.25, 0.3) is 0 Å². The molecule has 24 heavy (non-hydrogen) atoms. The van der Waals surface area contributed by atoms with Crippen LogP contribution in [0.4, 0.5) is 5.82 Å². The Labute approximate surface area is 144 Å². The van der Waals surface area contributed by atoms with E-state index in [4.69, 9.17) is 0 Å². The summed E-state index contributed by atoms with van der Waals surface area (Å²) in [5, 5.41) is 7.31. The number of thiophene rings is 1. The summed E-state index contributed by atoms with van der Waals surface area (Å²) in [6, 6.07) is 9.75. The molecule has 1 aliphatic rings. The van der Waals surface area contributed by atoms with E-state index < -0.39 is 0 Å². The van der Waals surface area contributed by atoms with E-state index in [1.54, 1.807) is 17.5 Å². The van der Waals surface area contributed by atoms with Crippen LogP contribution in [-0.4, -0.2) is 20.7 Å². The fraction of sp³-hybridized carbons (Fsp3) is 0.278. The number of rotatable bonds is 5. The summed E-state index contributed by atoms with van der Waals surface area (Å²) in [6.07, 6.45) is 7.91. The van der Waals surface area contributed by atoms with Crippen molar-refractivity contribution in [1.29, 1.82) is 0 Å². The second-order valence-corrected chi connectivity index (χ2v) is 7.04. The molecule has 0 fully saturated rings. The van der Waals surface area contributed by atoms with Crippen molar-refractivity contribution in [1.82, 2.24) is 14.8 Å². The van der Waals surface area contributed by atoms with Crippen LogP contribution in [0.1, 0.15) is 32.2 Å². The second kappa shape index (κ2) is 6.57. The number of nitrogens with one attached hydrogen (secondary N) is 1. The lowest BCUT2D eigenvalue weighted by atomic mass is 10.2. The van der Waals surface area contributed by atoms with Gasteiger partial charge in [0.1, 0.15) is 0 Å². The SMILES string of the molecule is O=C(Nc1ccn(CCc2ccccn2)n1)c1cc2c(s1)CCC2. The van der Waals surface area contributed by atoms with Gasteiger partial charge in [0.2, 0.25) is 0 Å². The van der Waals surface area contributed by atoms with Crippen molar-refractivity contribution >= 4 is 23.1 Å². The molecule has 0 bridgehead atoms. The minimum absolute atomic E-state index is 0.0654. The van der Waals surface area contributed by atoms with Gasteiger partial charge in [-0.25, -0.2) is 0 Å². The van der Waals surface area contributed by atoms with Gasteiger partial charge in [-0.1, -0.05) is 6.07 Å². The smallest absolute Gasteiger partial charge is 0.266 e. The van der Waals surface area contributed by atoms with Crippen LogP contribution in [0.5, 0.6) is 0 Å². The number of aromatic nitrogens is 3. The minimum atomic E-state index is -0.0654. The minimum Gasteiger partial charge on any atom is -0.304 e. The molecule has 5 nitrogen and oxygen atoms in total. The summed E-state index contributed by atoms with van der Waals surface area (Å²) in [5.41, 5.74) is 2.37. The molecule has 3 aromatic heterocycles. The maximum Gasteiger partial charge on any atom is 0.266 e. The third-order valence-electron chi connectivity index (χ3n) is 4.18. The molecule has 3 aromatic rings. The number of anilines is 1. The average molecular weight is 338 g/mol. The van der Waals surface area contributed by atoms with Crippen molar-refractivity contribution in [2.24, 2.45) is 0 Å². The molecule has 0 saturated heterocycles. The zero-order chi connectivity index (χ0) is 16.4. The lowest BCUT2D eigenvalue weighted by molar-refractivity contribution is 0.103. The van der Waals surface area contributed by atoms with E-state index in [1.165, 1.54) is 16.9 Å². The number of aryl methyl sites for hydroxylation is 4. The van der Waals surface area contributed by atoms with E-state index in [-0.39, 0.29) is 5.91 Å². The van der Waals surface area contributed by atoms with Gasteiger partial charge in [-0.2, -0.15) is 5.10 Å². The van der Waals surface area contributed by atoms with Crippen molar-refractivity contribution in [3.05, 3.63) is 63.7 Å². The molecule has 122 valence electrons. The third kappa shape index (κ3) is 3.23. The van der Waals surface area contributed by atoms with Crippen LogP contribution in [0.3, 0.4) is 0 Å². The van der Waals surface area contributed by atoms with Crippen LogP contribution < -0.4 is 5.32 Å². The first-order valence-electron chi connectivity index (χ1n) is 8.14. The van der Waals surface area contributed by atoms with Crippen LogP contribution in [0, 0.1) is 0 Å². The molecule has 3 heterocycles. The summed E-state index contributed by atoms with van der Waals surface area (Å²) in [7, 11) is 0. The number of hydrogen-bond donors (Lipinski definition) is 1. The Bertz CT molecular complexity index is 832. The molecule has 0 atom stereocenters. The topological polar surface area (TPSA) is 59.8 Å². The standard InChI is InChI=1S/C18H18N4OS/c23-18(16-12-13-4-3-6-15(13)24-16)20-17-8-11-22(21-17)10-7-14-5-1-2-9-19-14/h1-2,5,8-9,11-12H,3-4,6-7,10H2,(H,20,21,23). The Hall–Kier alpha value is -2.47. The van der Waals surface area contributed by atoms with E-state index in [0.717, 1.165) is 36.4 Å². The summed E-state index contributed by atoms with van der Waals surface area (Å²) in [6.45, 7) is 0.736. The van der Waals surface area contributed by atoms with Crippen molar-refractivity contribution in [3.8, 4) is 0 Å². The van der Waals surface area contributed by atoms with Crippen LogP contribution in [0.15, 0.2) is 42.7 Å². The van der Waals surface area contributed by atoms with Crippen molar-refractivity contribution < 1.29 is 4.79 Å². The Morgan fingerprint density at radius 3 is 3.08 bits per heavy atom. The number of carbonyl (C=O) groups is 1. The highest BCUT2D eigenvalue weighted by molar-refractivity contribution is 7.14. The lowest BCUT2D eigenvalue weighted by Gasteiger charge is -2.02. The Morgan fingerprint density at radius 1 is 1.29 bits per heavy atom. The molecule has 0 aromatic carbocycles. The Kier molecular flexibility index (Phi) is 4.13. The van der Waals surface area contributed by atoms with Crippen LogP contribution in [-0.2, 0) is 25.8 Å². The first-order valence-corrected chi connectivity index (χ1v) is 8.96. The fourth-order valence-corrected chi connectivity index (χ4v) is 4.10. The van der Waals surface area contributed by atoms with Crippen LogP contribution >= 0.6 is 11.3 Å². The largest absolute Gasteiger partial charge is 0.304 e. The Balaban J connectivity index is 1.37. The van der Waals surface area contributed by atoms with Crippen molar-refractivity contribution in [3.63, 3.8) is 0 Å². The highest BCUT2D eigenvalue weighted by Gasteiger charge is 2.18. The van der Waals surface area contributed by atoms with E-state index >= 15 is 0 Å². The predicted octanol–water partition coefficient (Wildman–Crippen LogP) is 3.32. The second-order valence-electron chi connectivity index (χ2n) is 5.90. The number of nitrogens with zero attached hydrogens (tertiary/aromatic N) is 3.